The van der Waals surface area contributed by atoms with Crippen molar-refractivity contribution in [2.24, 2.45) is 0 Å². The molecule has 8 heteroatoms. The number of hydrogen-bond donors (Lipinski definition) is 2. The summed E-state index contributed by atoms with van der Waals surface area (Å²) in [6.45, 7) is 1.73. The maximum Gasteiger partial charge on any atom is 0.336 e. The van der Waals surface area contributed by atoms with Crippen LogP contribution in [-0.2, 0) is 15.3 Å². The number of anilines is 1. The number of ether oxygens (including phenoxy) is 1. The molecule has 4 rings (SSSR count). The minimum atomic E-state index is -0.728. The highest BCUT2D eigenvalue weighted by atomic mass is 32.2. The van der Waals surface area contributed by atoms with Crippen LogP contribution in [0.25, 0.3) is 0 Å². The third-order valence-electron chi connectivity index (χ3n) is 5.05. The molecule has 2 aromatic carbocycles. The average molecular weight is 437 g/mol. The van der Waals surface area contributed by atoms with Gasteiger partial charge in [0.05, 0.1) is 24.2 Å². The van der Waals surface area contributed by atoms with Gasteiger partial charge in [-0.05, 0) is 30.2 Å². The van der Waals surface area contributed by atoms with Crippen molar-refractivity contribution in [2.45, 2.75) is 23.8 Å². The third-order valence-corrected chi connectivity index (χ3v) is 5.99. The number of thioether (sulfide) groups is 1. The van der Waals surface area contributed by atoms with Gasteiger partial charge in [-0.2, -0.15) is 0 Å². The number of aromatic nitrogens is 2. The summed E-state index contributed by atoms with van der Waals surface area (Å²) >= 11 is 1.41. The lowest BCUT2D eigenvalue weighted by Crippen LogP contribution is -2.31. The van der Waals surface area contributed by atoms with Gasteiger partial charge in [-0.1, -0.05) is 54.2 Å². The summed E-state index contributed by atoms with van der Waals surface area (Å²) in [7, 11) is 1.28. The number of halogens is 1. The third kappa shape index (κ3) is 4.25. The first-order valence-corrected chi connectivity index (χ1v) is 10.6. The first kappa shape index (κ1) is 20.9. The number of nitrogens with zero attached hydrogens (tertiary/aromatic N) is 1. The van der Waals surface area contributed by atoms with E-state index in [4.69, 9.17) is 4.74 Å². The number of carbonyl (C=O) groups is 1. The molecule has 31 heavy (non-hydrogen) atoms. The standard InChI is InChI=1S/C23H20FN3O3S/c1-13-17(22(29)30-2)18(15-8-10-16(24)11-9-15)19-20(25-13)26-23(27-21(19)28)31-12-14-6-4-3-5-7-14/h3-11,18H,12H2,1-2H3,(H2,25,26,27,28)/t18-/m1/s1. The van der Waals surface area contributed by atoms with Gasteiger partial charge in [0.2, 0.25) is 0 Å². The number of allylic oxidation sites excluding steroid dienone is 1. The molecule has 0 spiro atoms. The number of methoxy groups -OCH3 is 1. The fraction of sp³-hybridized carbons (Fsp3) is 0.174. The van der Waals surface area contributed by atoms with Crippen LogP contribution < -0.4 is 10.9 Å². The van der Waals surface area contributed by atoms with Gasteiger partial charge >= 0.3 is 5.97 Å². The summed E-state index contributed by atoms with van der Waals surface area (Å²) in [5.74, 6) is -0.677. The van der Waals surface area contributed by atoms with Crippen LogP contribution in [-0.4, -0.2) is 23.0 Å². The lowest BCUT2D eigenvalue weighted by Gasteiger charge is -2.28. The van der Waals surface area contributed by atoms with Gasteiger partial charge in [0, 0.05) is 11.4 Å². The number of esters is 1. The lowest BCUT2D eigenvalue weighted by atomic mass is 9.82. The van der Waals surface area contributed by atoms with E-state index < -0.39 is 17.7 Å². The summed E-state index contributed by atoms with van der Waals surface area (Å²) < 4.78 is 18.5. The topological polar surface area (TPSA) is 84.1 Å². The highest BCUT2D eigenvalue weighted by Crippen LogP contribution is 2.40. The fourth-order valence-corrected chi connectivity index (χ4v) is 4.41. The number of rotatable bonds is 5. The minimum absolute atomic E-state index is 0.290. The van der Waals surface area contributed by atoms with E-state index in [9.17, 15) is 14.0 Å². The molecule has 3 aromatic rings. The Labute approximate surface area is 182 Å². The molecule has 1 aliphatic rings. The second-order valence-corrected chi connectivity index (χ2v) is 8.01. The van der Waals surface area contributed by atoms with E-state index in [0.717, 1.165) is 5.56 Å². The van der Waals surface area contributed by atoms with Crippen LogP contribution in [0.2, 0.25) is 0 Å². The molecule has 158 valence electrons. The number of fused-ring (bicyclic) bond motifs is 1. The summed E-state index contributed by atoms with van der Waals surface area (Å²) in [5, 5.41) is 3.54. The zero-order valence-electron chi connectivity index (χ0n) is 16.9. The number of aromatic amines is 1. The second kappa shape index (κ2) is 8.77. The van der Waals surface area contributed by atoms with E-state index in [0.29, 0.717) is 39.1 Å². The second-order valence-electron chi connectivity index (χ2n) is 7.05. The Morgan fingerprint density at radius 2 is 1.87 bits per heavy atom. The summed E-state index contributed by atoms with van der Waals surface area (Å²) in [4.78, 5) is 33.1. The number of H-pyrrole nitrogens is 1. The normalized spacial score (nSPS) is 15.3. The zero-order chi connectivity index (χ0) is 22.0. The van der Waals surface area contributed by atoms with Crippen LogP contribution in [0, 0.1) is 5.82 Å². The highest BCUT2D eigenvalue weighted by Gasteiger charge is 2.36. The molecular formula is C23H20FN3O3S. The van der Waals surface area contributed by atoms with Gasteiger partial charge in [0.15, 0.2) is 5.16 Å². The number of carbonyl (C=O) groups excluding carboxylic acids is 1. The van der Waals surface area contributed by atoms with Crippen LogP contribution in [0.3, 0.4) is 0 Å². The first-order valence-electron chi connectivity index (χ1n) is 9.60. The molecule has 1 atom stereocenters. The molecular weight excluding hydrogens is 417 g/mol. The highest BCUT2D eigenvalue weighted by molar-refractivity contribution is 7.98. The Balaban J connectivity index is 1.77. The Morgan fingerprint density at radius 3 is 2.55 bits per heavy atom. The van der Waals surface area contributed by atoms with Gasteiger partial charge in [-0.15, -0.1) is 0 Å². The van der Waals surface area contributed by atoms with Gasteiger partial charge in [-0.25, -0.2) is 14.2 Å². The van der Waals surface area contributed by atoms with Gasteiger partial charge in [-0.3, -0.25) is 4.79 Å². The predicted molar refractivity (Wildman–Crippen MR) is 117 cm³/mol. The fourth-order valence-electron chi connectivity index (χ4n) is 3.59. The largest absolute Gasteiger partial charge is 0.466 e. The lowest BCUT2D eigenvalue weighted by molar-refractivity contribution is -0.136. The van der Waals surface area contributed by atoms with E-state index in [1.54, 1.807) is 19.1 Å². The van der Waals surface area contributed by atoms with E-state index in [1.165, 1.54) is 31.0 Å². The predicted octanol–water partition coefficient (Wildman–Crippen LogP) is 4.21. The van der Waals surface area contributed by atoms with Crippen LogP contribution in [0.4, 0.5) is 10.2 Å². The molecule has 2 N–H and O–H groups in total. The molecule has 1 aliphatic heterocycles. The quantitative estimate of drug-likeness (QED) is 0.354. The number of nitrogens with one attached hydrogen (secondary N) is 2. The Bertz CT molecular complexity index is 1210. The molecule has 0 aliphatic carbocycles. The Kier molecular flexibility index (Phi) is 5.90. The Morgan fingerprint density at radius 1 is 1.16 bits per heavy atom. The van der Waals surface area contributed by atoms with Crippen LogP contribution in [0.1, 0.15) is 29.5 Å². The molecule has 0 amide bonds. The molecule has 0 bridgehead atoms. The molecule has 0 unspecified atom stereocenters. The van der Waals surface area contributed by atoms with Crippen molar-refractivity contribution in [3.8, 4) is 0 Å². The van der Waals surface area contributed by atoms with E-state index in [2.05, 4.69) is 15.3 Å². The van der Waals surface area contributed by atoms with Crippen molar-refractivity contribution in [1.29, 1.82) is 0 Å². The van der Waals surface area contributed by atoms with Crippen molar-refractivity contribution >= 4 is 23.5 Å². The van der Waals surface area contributed by atoms with Crippen molar-refractivity contribution in [1.82, 2.24) is 9.97 Å². The molecule has 2 heterocycles. The average Bonchev–Trinajstić information content (AvgIpc) is 2.77. The smallest absolute Gasteiger partial charge is 0.336 e. The Hall–Kier alpha value is -3.39. The molecule has 0 saturated carbocycles. The van der Waals surface area contributed by atoms with Crippen molar-refractivity contribution < 1.29 is 13.9 Å². The SMILES string of the molecule is COC(=O)C1=C(C)Nc2nc(SCc3ccccc3)[nH]c(=O)c2[C@@H]1c1ccc(F)cc1. The number of benzene rings is 2. The minimum Gasteiger partial charge on any atom is -0.466 e. The van der Waals surface area contributed by atoms with E-state index in [1.807, 2.05) is 30.3 Å². The van der Waals surface area contributed by atoms with Gasteiger partial charge in [0.1, 0.15) is 11.6 Å². The summed E-state index contributed by atoms with van der Waals surface area (Å²) in [6, 6.07) is 15.6. The van der Waals surface area contributed by atoms with E-state index >= 15 is 0 Å². The van der Waals surface area contributed by atoms with Crippen LogP contribution in [0.5, 0.6) is 0 Å². The van der Waals surface area contributed by atoms with Crippen molar-refractivity contribution in [3.63, 3.8) is 0 Å². The first-order chi connectivity index (χ1) is 15.0. The molecule has 0 saturated heterocycles. The number of hydrogen-bond acceptors (Lipinski definition) is 6. The maximum absolute atomic E-state index is 13.5. The van der Waals surface area contributed by atoms with Gasteiger partial charge in [0.25, 0.3) is 5.56 Å². The van der Waals surface area contributed by atoms with E-state index in [-0.39, 0.29) is 5.56 Å². The maximum atomic E-state index is 13.5. The monoisotopic (exact) mass is 437 g/mol. The molecule has 1 aromatic heterocycles. The van der Waals surface area contributed by atoms with Crippen molar-refractivity contribution in [3.05, 3.63) is 98.7 Å². The molecule has 0 fully saturated rings. The van der Waals surface area contributed by atoms with Gasteiger partial charge < -0.3 is 15.0 Å². The summed E-state index contributed by atoms with van der Waals surface area (Å²) in [5.41, 5.74) is 2.46. The van der Waals surface area contributed by atoms with Crippen LogP contribution >= 0.6 is 11.8 Å². The van der Waals surface area contributed by atoms with Crippen LogP contribution in [0.15, 0.2) is 75.8 Å². The summed E-state index contributed by atoms with van der Waals surface area (Å²) in [6.07, 6.45) is 0. The van der Waals surface area contributed by atoms with Crippen molar-refractivity contribution in [2.75, 3.05) is 12.4 Å². The molecule has 6 nitrogen and oxygen atoms in total. The zero-order valence-corrected chi connectivity index (χ0v) is 17.8. The molecule has 0 radical (unpaired) electrons.